The molecule has 98 valence electrons. The molecule has 2 rings (SSSR count). The van der Waals surface area contributed by atoms with Gasteiger partial charge in [0, 0.05) is 30.5 Å². The maximum atomic E-state index is 12.5. The molecule has 0 bridgehead atoms. The summed E-state index contributed by atoms with van der Waals surface area (Å²) in [4.78, 5) is 14.3. The summed E-state index contributed by atoms with van der Waals surface area (Å²) in [5, 5.41) is 3.04. The fraction of sp³-hybridized carbons (Fsp3) is 0.188. The number of anilines is 2. The Labute approximate surface area is 113 Å². The largest absolute Gasteiger partial charge is 0.388 e. The number of hydrogen-bond donors (Lipinski definition) is 1. The Morgan fingerprint density at radius 3 is 2.21 bits per heavy atom. The van der Waals surface area contributed by atoms with Gasteiger partial charge in [0.15, 0.2) is 0 Å². The molecule has 0 aromatic heterocycles. The van der Waals surface area contributed by atoms with E-state index < -0.39 is 0 Å². The monoisotopic (exact) mass is 254 g/mol. The molecule has 0 saturated heterocycles. The molecule has 0 aliphatic rings. The third-order valence-electron chi connectivity index (χ3n) is 3.05. The van der Waals surface area contributed by atoms with Crippen molar-refractivity contribution in [3.05, 3.63) is 60.2 Å². The molecule has 3 nitrogen and oxygen atoms in total. The normalized spacial score (nSPS) is 10.0. The van der Waals surface area contributed by atoms with Crippen molar-refractivity contribution in [1.29, 1.82) is 0 Å². The van der Waals surface area contributed by atoms with Crippen molar-refractivity contribution in [3.63, 3.8) is 0 Å². The SMILES string of the molecule is CCN(C(=O)c1ccc(NC)cc1)c1ccccc1. The van der Waals surface area contributed by atoms with Crippen LogP contribution in [0.4, 0.5) is 11.4 Å². The highest BCUT2D eigenvalue weighted by atomic mass is 16.2. The van der Waals surface area contributed by atoms with E-state index in [9.17, 15) is 4.79 Å². The summed E-state index contributed by atoms with van der Waals surface area (Å²) in [6.45, 7) is 2.63. The predicted molar refractivity (Wildman–Crippen MR) is 79.8 cm³/mol. The molecule has 0 unspecified atom stereocenters. The van der Waals surface area contributed by atoms with E-state index in [1.807, 2.05) is 68.6 Å². The predicted octanol–water partition coefficient (Wildman–Crippen LogP) is 3.40. The summed E-state index contributed by atoms with van der Waals surface area (Å²) in [6, 6.07) is 17.2. The molecule has 0 aliphatic carbocycles. The first-order chi connectivity index (χ1) is 9.26. The summed E-state index contributed by atoms with van der Waals surface area (Å²) in [5.41, 5.74) is 2.62. The van der Waals surface area contributed by atoms with Gasteiger partial charge in [0.1, 0.15) is 0 Å². The Morgan fingerprint density at radius 1 is 1.05 bits per heavy atom. The number of rotatable bonds is 4. The zero-order valence-corrected chi connectivity index (χ0v) is 11.3. The number of amides is 1. The summed E-state index contributed by atoms with van der Waals surface area (Å²) in [6.07, 6.45) is 0. The molecular weight excluding hydrogens is 236 g/mol. The fourth-order valence-electron chi connectivity index (χ4n) is 1.99. The van der Waals surface area contributed by atoms with Gasteiger partial charge in [-0.2, -0.15) is 0 Å². The molecule has 1 amide bonds. The Morgan fingerprint density at radius 2 is 1.68 bits per heavy atom. The minimum absolute atomic E-state index is 0.0244. The maximum Gasteiger partial charge on any atom is 0.258 e. The number of para-hydroxylation sites is 1. The number of hydrogen-bond acceptors (Lipinski definition) is 2. The second-order valence-electron chi connectivity index (χ2n) is 4.21. The van der Waals surface area contributed by atoms with Gasteiger partial charge in [-0.05, 0) is 43.3 Å². The molecule has 0 spiro atoms. The van der Waals surface area contributed by atoms with Gasteiger partial charge in [-0.15, -0.1) is 0 Å². The molecule has 2 aromatic carbocycles. The van der Waals surface area contributed by atoms with Crippen LogP contribution in [0.25, 0.3) is 0 Å². The van der Waals surface area contributed by atoms with Crippen LogP contribution in [0.3, 0.4) is 0 Å². The van der Waals surface area contributed by atoms with E-state index in [1.165, 1.54) is 0 Å². The molecule has 1 N–H and O–H groups in total. The summed E-state index contributed by atoms with van der Waals surface area (Å²) in [7, 11) is 1.86. The summed E-state index contributed by atoms with van der Waals surface area (Å²) in [5.74, 6) is 0.0244. The zero-order chi connectivity index (χ0) is 13.7. The summed E-state index contributed by atoms with van der Waals surface area (Å²) >= 11 is 0. The highest BCUT2D eigenvalue weighted by molar-refractivity contribution is 6.06. The molecule has 0 radical (unpaired) electrons. The van der Waals surface area contributed by atoms with Crippen LogP contribution in [0.5, 0.6) is 0 Å². The molecule has 0 saturated carbocycles. The Bertz CT molecular complexity index is 534. The van der Waals surface area contributed by atoms with Gasteiger partial charge in [-0.1, -0.05) is 18.2 Å². The highest BCUT2D eigenvalue weighted by Crippen LogP contribution is 2.17. The van der Waals surface area contributed by atoms with Gasteiger partial charge < -0.3 is 10.2 Å². The van der Waals surface area contributed by atoms with E-state index in [-0.39, 0.29) is 5.91 Å². The lowest BCUT2D eigenvalue weighted by Gasteiger charge is -2.21. The van der Waals surface area contributed by atoms with Crippen LogP contribution < -0.4 is 10.2 Å². The van der Waals surface area contributed by atoms with Crippen molar-refractivity contribution in [2.45, 2.75) is 6.92 Å². The van der Waals surface area contributed by atoms with Gasteiger partial charge in [0.05, 0.1) is 0 Å². The third-order valence-corrected chi connectivity index (χ3v) is 3.05. The molecule has 0 fully saturated rings. The van der Waals surface area contributed by atoms with Crippen LogP contribution in [0.15, 0.2) is 54.6 Å². The van der Waals surface area contributed by atoms with E-state index in [4.69, 9.17) is 0 Å². The quantitative estimate of drug-likeness (QED) is 0.907. The molecule has 0 atom stereocenters. The smallest absolute Gasteiger partial charge is 0.258 e. The van der Waals surface area contributed by atoms with Gasteiger partial charge in [-0.25, -0.2) is 0 Å². The van der Waals surface area contributed by atoms with Gasteiger partial charge in [-0.3, -0.25) is 4.79 Å². The van der Waals surface area contributed by atoms with E-state index in [0.29, 0.717) is 12.1 Å². The second-order valence-corrected chi connectivity index (χ2v) is 4.21. The molecular formula is C16H18N2O. The van der Waals surface area contributed by atoms with Crippen LogP contribution >= 0.6 is 0 Å². The van der Waals surface area contributed by atoms with Crippen molar-refractivity contribution < 1.29 is 4.79 Å². The van der Waals surface area contributed by atoms with Crippen molar-refractivity contribution in [2.24, 2.45) is 0 Å². The van der Waals surface area contributed by atoms with Crippen molar-refractivity contribution in [2.75, 3.05) is 23.8 Å². The lowest BCUT2D eigenvalue weighted by atomic mass is 10.1. The van der Waals surface area contributed by atoms with Crippen LogP contribution in [-0.4, -0.2) is 19.5 Å². The minimum Gasteiger partial charge on any atom is -0.388 e. The number of carbonyl (C=O) groups excluding carboxylic acids is 1. The highest BCUT2D eigenvalue weighted by Gasteiger charge is 2.15. The molecule has 0 aliphatic heterocycles. The first-order valence-electron chi connectivity index (χ1n) is 6.41. The Kier molecular flexibility index (Phi) is 4.18. The van der Waals surface area contributed by atoms with Gasteiger partial charge in [0.2, 0.25) is 0 Å². The van der Waals surface area contributed by atoms with E-state index >= 15 is 0 Å². The van der Waals surface area contributed by atoms with Crippen molar-refractivity contribution in [3.8, 4) is 0 Å². The van der Waals surface area contributed by atoms with Crippen LogP contribution in [0.1, 0.15) is 17.3 Å². The third kappa shape index (κ3) is 2.94. The number of nitrogens with one attached hydrogen (secondary N) is 1. The lowest BCUT2D eigenvalue weighted by molar-refractivity contribution is 0.0988. The van der Waals surface area contributed by atoms with Gasteiger partial charge >= 0.3 is 0 Å². The van der Waals surface area contributed by atoms with Crippen LogP contribution in [0, 0.1) is 0 Å². The Hall–Kier alpha value is -2.29. The van der Waals surface area contributed by atoms with Crippen LogP contribution in [0.2, 0.25) is 0 Å². The Balaban J connectivity index is 2.25. The topological polar surface area (TPSA) is 32.3 Å². The van der Waals surface area contributed by atoms with Crippen molar-refractivity contribution >= 4 is 17.3 Å². The average Bonchev–Trinajstić information content (AvgIpc) is 2.49. The van der Waals surface area contributed by atoms with Gasteiger partial charge in [0.25, 0.3) is 5.91 Å². The summed E-state index contributed by atoms with van der Waals surface area (Å²) < 4.78 is 0. The average molecular weight is 254 g/mol. The van der Waals surface area contributed by atoms with E-state index in [0.717, 1.165) is 11.4 Å². The molecule has 2 aromatic rings. The second kappa shape index (κ2) is 6.05. The minimum atomic E-state index is 0.0244. The first-order valence-corrected chi connectivity index (χ1v) is 6.41. The number of nitrogens with zero attached hydrogens (tertiary/aromatic N) is 1. The lowest BCUT2D eigenvalue weighted by Crippen LogP contribution is -2.30. The molecule has 3 heteroatoms. The first kappa shape index (κ1) is 13.1. The molecule has 0 heterocycles. The number of carbonyl (C=O) groups is 1. The van der Waals surface area contributed by atoms with Crippen molar-refractivity contribution in [1.82, 2.24) is 0 Å². The standard InChI is InChI=1S/C16H18N2O/c1-3-18(15-7-5-4-6-8-15)16(19)13-9-11-14(17-2)12-10-13/h4-12,17H,3H2,1-2H3. The maximum absolute atomic E-state index is 12.5. The fourth-order valence-corrected chi connectivity index (χ4v) is 1.99. The van der Waals surface area contributed by atoms with Crippen LogP contribution in [-0.2, 0) is 0 Å². The zero-order valence-electron chi connectivity index (χ0n) is 11.3. The van der Waals surface area contributed by atoms with E-state index in [1.54, 1.807) is 4.90 Å². The van der Waals surface area contributed by atoms with E-state index in [2.05, 4.69) is 5.32 Å². The number of benzene rings is 2. The molecule has 19 heavy (non-hydrogen) atoms.